The fourth-order valence-electron chi connectivity index (χ4n) is 9.13. The van der Waals surface area contributed by atoms with E-state index in [-0.39, 0.29) is 47.1 Å². The third-order valence-electron chi connectivity index (χ3n) is 11.3. The van der Waals surface area contributed by atoms with Gasteiger partial charge < -0.3 is 5.11 Å². The van der Waals surface area contributed by atoms with Gasteiger partial charge >= 0.3 is 0 Å². The highest BCUT2D eigenvalue weighted by Gasteiger charge is 2.66. The molecule has 50 heavy (non-hydrogen) atoms. The molecule has 0 radical (unpaired) electrons. The number of nitrogens with zero attached hydrogens (tertiary/aromatic N) is 2. The van der Waals surface area contributed by atoms with E-state index in [1.807, 2.05) is 48.5 Å². The van der Waals surface area contributed by atoms with Gasteiger partial charge in [0, 0.05) is 35.1 Å². The highest BCUT2D eigenvalue weighted by Crippen LogP contribution is 2.64. The van der Waals surface area contributed by atoms with Gasteiger partial charge in [0.2, 0.25) is 11.8 Å². The predicted molar refractivity (Wildman–Crippen MR) is 185 cm³/mol. The number of nitro groups is 1. The van der Waals surface area contributed by atoms with Crippen molar-refractivity contribution < 1.29 is 29.2 Å². The predicted octanol–water partition coefficient (Wildman–Crippen LogP) is 6.64. The van der Waals surface area contributed by atoms with Gasteiger partial charge in [-0.15, -0.1) is 0 Å². The van der Waals surface area contributed by atoms with Crippen LogP contribution < -0.4 is 4.90 Å². The number of aromatic hydroxyl groups is 1. The van der Waals surface area contributed by atoms with Crippen LogP contribution in [-0.2, 0) is 24.6 Å². The number of rotatable bonds is 5. The van der Waals surface area contributed by atoms with Gasteiger partial charge in [-0.3, -0.25) is 29.3 Å². The molecule has 0 bridgehead atoms. The molecule has 2 fully saturated rings. The highest BCUT2D eigenvalue weighted by atomic mass is 16.6. The summed E-state index contributed by atoms with van der Waals surface area (Å²) in [6.07, 6.45) is 3.68. The van der Waals surface area contributed by atoms with E-state index in [0.29, 0.717) is 22.3 Å². The molecule has 6 atom stereocenters. The zero-order chi connectivity index (χ0) is 34.9. The molecule has 4 aromatic carbocycles. The average molecular weight is 665 g/mol. The molecular formula is C41H32N2O7. The van der Waals surface area contributed by atoms with E-state index in [2.05, 4.69) is 0 Å². The Labute approximate surface area is 287 Å². The van der Waals surface area contributed by atoms with Crippen LogP contribution in [0, 0.1) is 40.7 Å². The Kier molecular flexibility index (Phi) is 7.25. The van der Waals surface area contributed by atoms with Crippen molar-refractivity contribution in [3.63, 3.8) is 0 Å². The normalized spacial score (nSPS) is 27.2. The number of ketones is 2. The molecule has 9 nitrogen and oxygen atoms in total. The Bertz CT molecular complexity index is 2190. The molecule has 4 aliphatic rings. The van der Waals surface area contributed by atoms with Crippen molar-refractivity contribution in [3.05, 3.63) is 153 Å². The maximum absolute atomic E-state index is 15.1. The number of anilines is 1. The number of carbonyl (C=O) groups excluding carboxylic acids is 4. The van der Waals surface area contributed by atoms with E-state index in [4.69, 9.17) is 0 Å². The number of benzene rings is 4. The van der Waals surface area contributed by atoms with Gasteiger partial charge in [0.25, 0.3) is 5.69 Å². The first kappa shape index (κ1) is 31.3. The van der Waals surface area contributed by atoms with Gasteiger partial charge in [0.05, 0.1) is 27.9 Å². The number of allylic oxidation sites excluding steroid dienone is 4. The summed E-state index contributed by atoms with van der Waals surface area (Å²) in [6, 6.07) is 29.0. The van der Waals surface area contributed by atoms with E-state index >= 15 is 4.79 Å². The van der Waals surface area contributed by atoms with Crippen molar-refractivity contribution in [2.45, 2.75) is 31.1 Å². The number of Topliss-reactive ketones (excluding diaryl/α,β-unsaturated/α-hetero) is 1. The number of amides is 2. The van der Waals surface area contributed by atoms with Crippen molar-refractivity contribution in [1.29, 1.82) is 0 Å². The van der Waals surface area contributed by atoms with E-state index in [1.54, 1.807) is 43.3 Å². The largest absolute Gasteiger partial charge is 0.507 e. The van der Waals surface area contributed by atoms with Gasteiger partial charge in [-0.2, -0.15) is 0 Å². The standard InChI is InChI=1S/C41H32N2O7/c1-23-10-8-17-30(37(23)45)36-28-18-19-29-35(40(48)42(39(29)47)26-15-9-16-27(20-26)43(49)50)32(28)21-33-38(46)31(24-11-4-2-5-12-24)22-34(44)41(33,36)25-13-6-3-7-14-25/h2-18,20,22,29,32-33,35-36,45H,19,21H2,1H3/t29-,32+,33-,35-,36+,41-/m0/s1. The van der Waals surface area contributed by atoms with Crippen LogP contribution in [0.5, 0.6) is 5.75 Å². The summed E-state index contributed by atoms with van der Waals surface area (Å²) in [7, 11) is 0. The van der Waals surface area contributed by atoms with E-state index in [0.717, 1.165) is 10.5 Å². The van der Waals surface area contributed by atoms with Gasteiger partial charge in [-0.1, -0.05) is 96.6 Å². The SMILES string of the molecule is Cc1cccc([C@H]2C3=CC[C@@H]4C(=O)N(c5cccc([N+](=O)[O-])c5)C(=O)[C@@H]4[C@@H]3C[C@H]3C(=O)C(c4ccccc4)=CC(=O)[C@@]23c2ccccc2)c1O. The Morgan fingerprint density at radius 1 is 0.840 bits per heavy atom. The first-order valence-electron chi connectivity index (χ1n) is 16.7. The minimum Gasteiger partial charge on any atom is -0.507 e. The Hall–Kier alpha value is -5.96. The van der Waals surface area contributed by atoms with Gasteiger partial charge in [-0.05, 0) is 54.5 Å². The number of imide groups is 1. The number of carbonyl (C=O) groups is 4. The molecule has 0 aromatic heterocycles. The van der Waals surface area contributed by atoms with Crippen LogP contribution in [0.1, 0.15) is 41.0 Å². The van der Waals surface area contributed by atoms with Crippen molar-refractivity contribution in [2.24, 2.45) is 23.7 Å². The summed E-state index contributed by atoms with van der Waals surface area (Å²) >= 11 is 0. The lowest BCUT2D eigenvalue weighted by Gasteiger charge is -2.55. The van der Waals surface area contributed by atoms with Crippen LogP contribution >= 0.6 is 0 Å². The first-order valence-corrected chi connectivity index (χ1v) is 16.7. The van der Waals surface area contributed by atoms with Crippen LogP contribution in [0.4, 0.5) is 11.4 Å². The molecule has 4 aromatic rings. The summed E-state index contributed by atoms with van der Waals surface area (Å²) in [5.41, 5.74) is 1.73. The zero-order valence-corrected chi connectivity index (χ0v) is 27.1. The second-order valence-corrected chi connectivity index (χ2v) is 13.6. The van der Waals surface area contributed by atoms with Crippen LogP contribution in [0.25, 0.3) is 5.57 Å². The lowest BCUT2D eigenvalue weighted by molar-refractivity contribution is -0.384. The number of fused-ring (bicyclic) bond motifs is 4. The van der Waals surface area contributed by atoms with Crippen LogP contribution in [0.2, 0.25) is 0 Å². The summed E-state index contributed by atoms with van der Waals surface area (Å²) in [6.45, 7) is 1.77. The molecular weight excluding hydrogens is 632 g/mol. The first-order chi connectivity index (χ1) is 24.1. The number of hydrogen-bond donors (Lipinski definition) is 1. The third kappa shape index (κ3) is 4.39. The minimum absolute atomic E-state index is 0.000334. The molecule has 3 aliphatic carbocycles. The molecule has 248 valence electrons. The van der Waals surface area contributed by atoms with E-state index < -0.39 is 51.7 Å². The molecule has 9 heteroatoms. The van der Waals surface area contributed by atoms with Crippen LogP contribution in [0.3, 0.4) is 0 Å². The van der Waals surface area contributed by atoms with Gasteiger partial charge in [0.1, 0.15) is 5.75 Å². The summed E-state index contributed by atoms with van der Waals surface area (Å²) in [5, 5.41) is 23.3. The number of para-hydroxylation sites is 1. The molecule has 1 saturated heterocycles. The number of phenols is 1. The minimum atomic E-state index is -1.46. The van der Waals surface area contributed by atoms with Crippen molar-refractivity contribution in [1.82, 2.24) is 0 Å². The molecule has 1 saturated carbocycles. The van der Waals surface area contributed by atoms with Crippen molar-refractivity contribution in [3.8, 4) is 5.75 Å². The lowest BCUT2D eigenvalue weighted by atomic mass is 9.44. The maximum Gasteiger partial charge on any atom is 0.271 e. The second-order valence-electron chi connectivity index (χ2n) is 13.6. The average Bonchev–Trinajstić information content (AvgIpc) is 3.39. The van der Waals surface area contributed by atoms with E-state index in [9.17, 15) is 29.6 Å². The Morgan fingerprint density at radius 2 is 1.54 bits per heavy atom. The monoisotopic (exact) mass is 664 g/mol. The van der Waals surface area contributed by atoms with Crippen molar-refractivity contribution >= 4 is 40.3 Å². The maximum atomic E-state index is 15.1. The topological polar surface area (TPSA) is 135 Å². The van der Waals surface area contributed by atoms with Gasteiger partial charge in [0.15, 0.2) is 11.6 Å². The quantitative estimate of drug-likeness (QED) is 0.109. The number of phenolic OH excluding ortho intramolecular Hbond substituents is 1. The molecule has 1 heterocycles. The Balaban J connectivity index is 1.36. The molecule has 0 unspecified atom stereocenters. The second kappa shape index (κ2) is 11.6. The number of non-ortho nitro benzene ring substituents is 1. The fraction of sp³-hybridized carbons (Fsp3) is 0.220. The fourth-order valence-corrected chi connectivity index (χ4v) is 9.13. The number of hydrogen-bond acceptors (Lipinski definition) is 7. The number of aryl methyl sites for hydroxylation is 1. The highest BCUT2D eigenvalue weighted by molar-refractivity contribution is 6.32. The number of nitro benzene ring substituents is 1. The zero-order valence-electron chi connectivity index (χ0n) is 27.1. The lowest BCUT2D eigenvalue weighted by Crippen LogP contribution is -2.58. The van der Waals surface area contributed by atoms with Gasteiger partial charge in [-0.25, -0.2) is 4.90 Å². The van der Waals surface area contributed by atoms with Crippen LogP contribution in [-0.4, -0.2) is 33.4 Å². The Morgan fingerprint density at radius 3 is 2.26 bits per heavy atom. The molecule has 1 aliphatic heterocycles. The van der Waals surface area contributed by atoms with E-state index in [1.165, 1.54) is 30.3 Å². The summed E-state index contributed by atoms with van der Waals surface area (Å²) in [4.78, 5) is 70.6. The van der Waals surface area contributed by atoms with Crippen molar-refractivity contribution in [2.75, 3.05) is 4.90 Å². The molecule has 1 N–H and O–H groups in total. The smallest absolute Gasteiger partial charge is 0.271 e. The molecule has 8 rings (SSSR count). The molecule has 2 amide bonds. The van der Waals surface area contributed by atoms with Crippen LogP contribution in [0.15, 0.2) is 121 Å². The summed E-state index contributed by atoms with van der Waals surface area (Å²) in [5.74, 6) is -5.52. The molecule has 0 spiro atoms. The third-order valence-corrected chi connectivity index (χ3v) is 11.3. The summed E-state index contributed by atoms with van der Waals surface area (Å²) < 4.78 is 0.